The second-order valence-corrected chi connectivity index (χ2v) is 4.24. The van der Waals surface area contributed by atoms with Gasteiger partial charge in [0.15, 0.2) is 5.82 Å². The van der Waals surface area contributed by atoms with Crippen molar-refractivity contribution < 1.29 is 4.79 Å². The van der Waals surface area contributed by atoms with Crippen LogP contribution < -0.4 is 10.9 Å². The second-order valence-electron chi connectivity index (χ2n) is 4.24. The molecular formula is C12H10N8O2. The highest BCUT2D eigenvalue weighted by Gasteiger charge is 2.10. The lowest BCUT2D eigenvalue weighted by Gasteiger charge is -2.06. The number of aryl methyl sites for hydroxylation is 1. The molecule has 10 heteroatoms. The summed E-state index contributed by atoms with van der Waals surface area (Å²) in [5, 5.41) is 10.4. The van der Waals surface area contributed by atoms with Crippen LogP contribution in [0.3, 0.4) is 0 Å². The van der Waals surface area contributed by atoms with Gasteiger partial charge in [-0.05, 0) is 6.07 Å². The van der Waals surface area contributed by atoms with E-state index in [1.165, 1.54) is 48.9 Å². The monoisotopic (exact) mass is 298 g/mol. The predicted octanol–water partition coefficient (Wildman–Crippen LogP) is -0.597. The lowest BCUT2D eigenvalue weighted by atomic mass is 10.3. The fourth-order valence-electron chi connectivity index (χ4n) is 1.67. The summed E-state index contributed by atoms with van der Waals surface area (Å²) in [5.41, 5.74) is -0.199. The molecule has 0 atom stereocenters. The second kappa shape index (κ2) is 5.52. The molecule has 1 amide bonds. The third kappa shape index (κ3) is 2.70. The molecule has 10 nitrogen and oxygen atoms in total. The smallest absolute Gasteiger partial charge is 0.277 e. The molecule has 3 rings (SSSR count). The number of amides is 1. The summed E-state index contributed by atoms with van der Waals surface area (Å²) in [6.07, 6.45) is 4.14. The summed E-state index contributed by atoms with van der Waals surface area (Å²) < 4.78 is 2.51. The van der Waals surface area contributed by atoms with Gasteiger partial charge in [0.2, 0.25) is 0 Å². The number of aromatic nitrogens is 7. The summed E-state index contributed by atoms with van der Waals surface area (Å²) in [7, 11) is 1.46. The molecule has 110 valence electrons. The zero-order valence-electron chi connectivity index (χ0n) is 11.4. The van der Waals surface area contributed by atoms with Crippen molar-refractivity contribution >= 4 is 11.7 Å². The summed E-state index contributed by atoms with van der Waals surface area (Å²) in [5.74, 6) is 0.246. The van der Waals surface area contributed by atoms with Gasteiger partial charge in [0.1, 0.15) is 30.5 Å². The maximum atomic E-state index is 12.1. The van der Waals surface area contributed by atoms with Crippen molar-refractivity contribution in [1.82, 2.24) is 34.5 Å². The minimum Gasteiger partial charge on any atom is -0.305 e. The Labute approximate surface area is 123 Å². The normalized spacial score (nSPS) is 10.4. The van der Waals surface area contributed by atoms with Gasteiger partial charge in [0.05, 0.1) is 0 Å². The molecule has 0 spiro atoms. The number of hydrogen-bond acceptors (Lipinski definition) is 7. The molecule has 0 aromatic carbocycles. The van der Waals surface area contributed by atoms with Gasteiger partial charge in [0, 0.05) is 19.2 Å². The summed E-state index contributed by atoms with van der Waals surface area (Å²) in [6, 6.07) is 4.15. The Morgan fingerprint density at radius 3 is 2.82 bits per heavy atom. The van der Waals surface area contributed by atoms with Crippen LogP contribution in [-0.2, 0) is 7.05 Å². The first kappa shape index (κ1) is 13.5. The molecule has 0 aliphatic heterocycles. The largest absolute Gasteiger partial charge is 0.305 e. The Morgan fingerprint density at radius 1 is 1.23 bits per heavy atom. The molecule has 3 aromatic rings. The summed E-state index contributed by atoms with van der Waals surface area (Å²) >= 11 is 0. The van der Waals surface area contributed by atoms with Gasteiger partial charge in [0.25, 0.3) is 11.5 Å². The van der Waals surface area contributed by atoms with Gasteiger partial charge < -0.3 is 5.32 Å². The van der Waals surface area contributed by atoms with Crippen molar-refractivity contribution in [3.05, 3.63) is 53.2 Å². The SMILES string of the molecule is Cn1nc(C(=O)Nc2cc(-n3cncn3)ncn2)ccc1=O. The van der Waals surface area contributed by atoms with Crippen molar-refractivity contribution in [2.24, 2.45) is 7.05 Å². The van der Waals surface area contributed by atoms with Gasteiger partial charge in [-0.3, -0.25) is 9.59 Å². The molecule has 0 saturated carbocycles. The molecule has 0 aliphatic carbocycles. The highest BCUT2D eigenvalue weighted by molar-refractivity contribution is 6.02. The standard InChI is InChI=1S/C12H10N8O2/c1-19-11(21)3-2-8(18-19)12(22)17-9-4-10(15-6-14-9)20-7-13-5-16-20/h2-7H,1H3,(H,14,15,17,22). The zero-order chi connectivity index (χ0) is 15.5. The Bertz CT molecular complexity index is 871. The third-order valence-corrected chi connectivity index (χ3v) is 2.74. The van der Waals surface area contributed by atoms with Crippen LogP contribution in [0.5, 0.6) is 0 Å². The Balaban J connectivity index is 1.83. The fraction of sp³-hybridized carbons (Fsp3) is 0.0833. The van der Waals surface area contributed by atoms with E-state index in [-0.39, 0.29) is 17.1 Å². The predicted molar refractivity (Wildman–Crippen MR) is 74.4 cm³/mol. The molecule has 0 saturated heterocycles. The van der Waals surface area contributed by atoms with Gasteiger partial charge in [-0.15, -0.1) is 0 Å². The molecule has 0 bridgehead atoms. The molecule has 0 aliphatic rings. The van der Waals surface area contributed by atoms with Crippen molar-refractivity contribution in [2.45, 2.75) is 0 Å². The van der Waals surface area contributed by atoms with Crippen LogP contribution in [0.15, 0.2) is 42.0 Å². The number of carbonyl (C=O) groups excluding carboxylic acids is 1. The highest BCUT2D eigenvalue weighted by atomic mass is 16.2. The number of anilines is 1. The van der Waals surface area contributed by atoms with E-state index in [2.05, 4.69) is 30.5 Å². The average Bonchev–Trinajstić information content (AvgIpc) is 3.04. The van der Waals surface area contributed by atoms with Crippen LogP contribution in [0.4, 0.5) is 5.82 Å². The third-order valence-electron chi connectivity index (χ3n) is 2.74. The number of nitrogens with one attached hydrogen (secondary N) is 1. The number of rotatable bonds is 3. The number of nitrogens with zero attached hydrogens (tertiary/aromatic N) is 7. The van der Waals surface area contributed by atoms with Gasteiger partial charge in [-0.1, -0.05) is 0 Å². The topological polar surface area (TPSA) is 120 Å². The number of carbonyl (C=O) groups is 1. The Morgan fingerprint density at radius 2 is 2.09 bits per heavy atom. The molecule has 3 heterocycles. The summed E-state index contributed by atoms with van der Waals surface area (Å²) in [6.45, 7) is 0. The molecule has 1 N–H and O–H groups in total. The highest BCUT2D eigenvalue weighted by Crippen LogP contribution is 2.08. The summed E-state index contributed by atoms with van der Waals surface area (Å²) in [4.78, 5) is 35.1. The Kier molecular flexibility index (Phi) is 3.40. The van der Waals surface area contributed by atoms with E-state index < -0.39 is 5.91 Å². The lowest BCUT2D eigenvalue weighted by molar-refractivity contribution is 0.101. The van der Waals surface area contributed by atoms with Crippen LogP contribution in [0.2, 0.25) is 0 Å². The minimum atomic E-state index is -0.487. The van der Waals surface area contributed by atoms with Gasteiger partial charge >= 0.3 is 0 Å². The molecule has 0 fully saturated rings. The maximum absolute atomic E-state index is 12.1. The van der Waals surface area contributed by atoms with Gasteiger partial charge in [-0.25, -0.2) is 24.3 Å². The first-order chi connectivity index (χ1) is 10.6. The molecule has 0 radical (unpaired) electrons. The van der Waals surface area contributed by atoms with E-state index in [4.69, 9.17) is 0 Å². The van der Waals surface area contributed by atoms with E-state index >= 15 is 0 Å². The van der Waals surface area contributed by atoms with Crippen LogP contribution in [0.25, 0.3) is 5.82 Å². The van der Waals surface area contributed by atoms with E-state index in [0.29, 0.717) is 5.82 Å². The van der Waals surface area contributed by atoms with E-state index in [1.54, 1.807) is 0 Å². The van der Waals surface area contributed by atoms with Crippen molar-refractivity contribution in [3.8, 4) is 5.82 Å². The van der Waals surface area contributed by atoms with E-state index in [1.807, 2.05) is 0 Å². The van der Waals surface area contributed by atoms with Crippen LogP contribution in [0.1, 0.15) is 10.5 Å². The zero-order valence-corrected chi connectivity index (χ0v) is 11.4. The number of hydrogen-bond donors (Lipinski definition) is 1. The fourth-order valence-corrected chi connectivity index (χ4v) is 1.67. The van der Waals surface area contributed by atoms with E-state index in [9.17, 15) is 9.59 Å². The quantitative estimate of drug-likeness (QED) is 0.685. The van der Waals surface area contributed by atoms with Crippen LogP contribution in [0, 0.1) is 0 Å². The molecule has 22 heavy (non-hydrogen) atoms. The van der Waals surface area contributed by atoms with Crippen LogP contribution in [-0.4, -0.2) is 40.4 Å². The Hall–Kier alpha value is -3.43. The first-order valence-corrected chi connectivity index (χ1v) is 6.16. The van der Waals surface area contributed by atoms with Crippen molar-refractivity contribution in [2.75, 3.05) is 5.32 Å². The maximum Gasteiger partial charge on any atom is 0.277 e. The molecule has 0 unspecified atom stereocenters. The van der Waals surface area contributed by atoms with Crippen molar-refractivity contribution in [1.29, 1.82) is 0 Å². The minimum absolute atomic E-state index is 0.100. The van der Waals surface area contributed by atoms with Crippen molar-refractivity contribution in [3.63, 3.8) is 0 Å². The first-order valence-electron chi connectivity index (χ1n) is 6.16. The van der Waals surface area contributed by atoms with Crippen LogP contribution >= 0.6 is 0 Å². The lowest BCUT2D eigenvalue weighted by Crippen LogP contribution is -2.23. The van der Waals surface area contributed by atoms with Gasteiger partial charge in [-0.2, -0.15) is 10.2 Å². The average molecular weight is 298 g/mol. The molecular weight excluding hydrogens is 288 g/mol. The van der Waals surface area contributed by atoms with E-state index in [0.717, 1.165) is 4.68 Å². The molecule has 3 aromatic heterocycles.